The number of carboxylic acids is 1. The maximum absolute atomic E-state index is 12.9. The molecule has 0 aliphatic rings. The Bertz CT molecular complexity index is 965. The molecule has 0 heterocycles. The molecular weight excluding hydrogens is 585 g/mol. The van der Waals surface area contributed by atoms with E-state index in [0.29, 0.717) is 6.42 Å². The van der Waals surface area contributed by atoms with Crippen LogP contribution in [0.4, 0.5) is 8.78 Å². The topological polar surface area (TPSA) is 93.6 Å². The van der Waals surface area contributed by atoms with Crippen molar-refractivity contribution in [1.82, 2.24) is 0 Å². The van der Waals surface area contributed by atoms with Gasteiger partial charge in [-0.05, 0) is 61.4 Å². The van der Waals surface area contributed by atoms with E-state index in [0.717, 1.165) is 41.9 Å². The van der Waals surface area contributed by atoms with Gasteiger partial charge in [0.05, 0.1) is 20.0 Å². The molecule has 0 aliphatic heterocycles. The number of unbranched alkanes of at least 4 members (excludes halogenated alkanes) is 8. The minimum absolute atomic E-state index is 0. The van der Waals surface area contributed by atoms with Gasteiger partial charge < -0.3 is 15.3 Å². The summed E-state index contributed by atoms with van der Waals surface area (Å²) in [6.07, 6.45) is 14.4. The number of hydrogen-bond acceptors (Lipinski definition) is 6. The first kappa shape index (κ1) is 43.6. The van der Waals surface area contributed by atoms with Gasteiger partial charge in [0, 0.05) is 20.3 Å². The minimum Gasteiger partial charge on any atom is -0.870 e. The summed E-state index contributed by atoms with van der Waals surface area (Å²) >= 11 is 3.18. The number of carbonyl (C=O) groups is 2. The molecule has 0 aliphatic carbocycles. The van der Waals surface area contributed by atoms with Crippen molar-refractivity contribution in [3.05, 3.63) is 60.2 Å². The van der Waals surface area contributed by atoms with Crippen LogP contribution in [0.2, 0.25) is 0 Å². The van der Waals surface area contributed by atoms with E-state index in [9.17, 15) is 18.4 Å². The monoisotopic (exact) mass is 634 g/mol. The Morgan fingerprint density at radius 3 is 1.42 bits per heavy atom. The smallest absolute Gasteiger partial charge is 0.870 e. The third kappa shape index (κ3) is 23.5. The SMILES string of the molecule is CCCCCCCC(CC(=O)O)Sc1ccc(F)cc1.CCCCCCCC(CC(=O)OC)Sc1ccc(F)cc1.[Li+].[OH-]. The van der Waals surface area contributed by atoms with Crippen molar-refractivity contribution in [2.45, 2.75) is 124 Å². The molecule has 0 aromatic heterocycles. The first-order chi connectivity index (χ1) is 19.8. The summed E-state index contributed by atoms with van der Waals surface area (Å²) in [5, 5.41) is 9.24. The van der Waals surface area contributed by atoms with Crippen LogP contribution in [0.3, 0.4) is 0 Å². The number of hydrogen-bond donors (Lipinski definition) is 1. The first-order valence-electron chi connectivity index (χ1n) is 14.9. The molecule has 0 spiro atoms. The predicted octanol–water partition coefficient (Wildman–Crippen LogP) is 7.16. The summed E-state index contributed by atoms with van der Waals surface area (Å²) in [6, 6.07) is 12.7. The zero-order valence-corrected chi connectivity index (χ0v) is 28.0. The minimum atomic E-state index is -0.766. The summed E-state index contributed by atoms with van der Waals surface area (Å²) in [6.45, 7) is 4.38. The number of thioether (sulfide) groups is 2. The molecule has 2 atom stereocenters. The molecule has 10 heteroatoms. The van der Waals surface area contributed by atoms with Crippen molar-refractivity contribution in [2.24, 2.45) is 0 Å². The van der Waals surface area contributed by atoms with Crippen molar-refractivity contribution in [3.8, 4) is 0 Å². The van der Waals surface area contributed by atoms with E-state index in [1.807, 2.05) is 0 Å². The first-order valence-corrected chi connectivity index (χ1v) is 16.7. The maximum atomic E-state index is 12.9. The van der Waals surface area contributed by atoms with E-state index >= 15 is 0 Å². The molecular formula is C33H49F2LiO5S2. The van der Waals surface area contributed by atoms with Crippen molar-refractivity contribution >= 4 is 35.5 Å². The van der Waals surface area contributed by atoms with Crippen molar-refractivity contribution in [1.29, 1.82) is 0 Å². The molecule has 43 heavy (non-hydrogen) atoms. The van der Waals surface area contributed by atoms with Crippen LogP contribution in [-0.4, -0.2) is 40.1 Å². The van der Waals surface area contributed by atoms with Gasteiger partial charge in [0.15, 0.2) is 0 Å². The van der Waals surface area contributed by atoms with Crippen LogP contribution in [0.1, 0.15) is 104 Å². The van der Waals surface area contributed by atoms with Gasteiger partial charge >= 0.3 is 30.8 Å². The number of esters is 1. The third-order valence-corrected chi connectivity index (χ3v) is 9.08. The van der Waals surface area contributed by atoms with E-state index in [4.69, 9.17) is 9.84 Å². The molecule has 0 saturated heterocycles. The number of carbonyl (C=O) groups excluding carboxylic acids is 1. The van der Waals surface area contributed by atoms with E-state index in [1.54, 1.807) is 47.8 Å². The summed E-state index contributed by atoms with van der Waals surface area (Å²) < 4.78 is 30.5. The quantitative estimate of drug-likeness (QED) is 0.0715. The second-order valence-corrected chi connectivity index (χ2v) is 12.9. The van der Waals surface area contributed by atoms with Crippen LogP contribution >= 0.6 is 23.5 Å². The molecule has 0 saturated carbocycles. The van der Waals surface area contributed by atoms with Crippen LogP contribution in [0.5, 0.6) is 0 Å². The van der Waals surface area contributed by atoms with Gasteiger partial charge in [-0.2, -0.15) is 0 Å². The van der Waals surface area contributed by atoms with Gasteiger partial charge in [0.25, 0.3) is 0 Å². The van der Waals surface area contributed by atoms with Gasteiger partial charge in [-0.3, -0.25) is 9.59 Å². The predicted molar refractivity (Wildman–Crippen MR) is 170 cm³/mol. The number of ether oxygens (including phenoxy) is 1. The Kier molecular flexibility index (Phi) is 28.4. The second-order valence-electron chi connectivity index (χ2n) is 10.2. The fourth-order valence-corrected chi connectivity index (χ4v) is 6.60. The Labute approximate surface area is 278 Å². The number of methoxy groups -OCH3 is 1. The average molecular weight is 635 g/mol. The molecule has 238 valence electrons. The standard InChI is InChI=1S/C17H25FO2S.C16H23FO2S.Li.H2O/c1-3-4-5-6-7-8-16(13-17(19)20-2)21-15-11-9-14(18)10-12-15;1-2-3-4-5-6-7-15(12-16(18)19)20-14-10-8-13(17)9-11-14;;/h9-12,16H,3-8,13H2,1-2H3;8-11,15H,2-7,12H2,1H3,(H,18,19);;1H2/q;;+1;/p-1. The number of aliphatic carboxylic acids is 1. The largest absolute Gasteiger partial charge is 1.00 e. The zero-order valence-electron chi connectivity index (χ0n) is 26.4. The molecule has 2 N–H and O–H groups in total. The number of halogens is 2. The van der Waals surface area contributed by atoms with Crippen molar-refractivity contribution in [3.63, 3.8) is 0 Å². The molecule has 0 bridgehead atoms. The molecule has 0 fully saturated rings. The zero-order chi connectivity index (χ0) is 30.3. The molecule has 2 unspecified atom stereocenters. The molecule has 0 radical (unpaired) electrons. The molecule has 2 aromatic carbocycles. The normalized spacial score (nSPS) is 11.7. The van der Waals surface area contributed by atoms with Gasteiger partial charge in [-0.25, -0.2) is 8.78 Å². The molecule has 2 aromatic rings. The number of benzene rings is 2. The summed E-state index contributed by atoms with van der Waals surface area (Å²) in [7, 11) is 1.42. The van der Waals surface area contributed by atoms with E-state index in [-0.39, 0.29) is 58.9 Å². The second kappa shape index (κ2) is 28.0. The van der Waals surface area contributed by atoms with E-state index in [1.165, 1.54) is 76.3 Å². The summed E-state index contributed by atoms with van der Waals surface area (Å²) in [5.41, 5.74) is 0. The average Bonchev–Trinajstić information content (AvgIpc) is 2.95. The Morgan fingerprint density at radius 2 is 1.07 bits per heavy atom. The van der Waals surface area contributed by atoms with Crippen LogP contribution in [0.25, 0.3) is 0 Å². The number of carboxylic acid groups (broad SMARTS) is 1. The fourth-order valence-electron chi connectivity index (χ4n) is 4.23. The third-order valence-electron chi connectivity index (χ3n) is 6.52. The Morgan fingerprint density at radius 1 is 0.698 bits per heavy atom. The molecule has 2 rings (SSSR count). The van der Waals surface area contributed by atoms with Crippen LogP contribution in [-0.2, 0) is 14.3 Å². The van der Waals surface area contributed by atoms with Crippen LogP contribution < -0.4 is 18.9 Å². The van der Waals surface area contributed by atoms with E-state index in [2.05, 4.69) is 13.8 Å². The summed E-state index contributed by atoms with van der Waals surface area (Å²) in [4.78, 5) is 24.4. The maximum Gasteiger partial charge on any atom is 1.00 e. The van der Waals surface area contributed by atoms with Gasteiger partial charge in [0.2, 0.25) is 0 Å². The van der Waals surface area contributed by atoms with Crippen LogP contribution in [0.15, 0.2) is 58.3 Å². The Balaban J connectivity index is 0. The summed E-state index contributed by atoms with van der Waals surface area (Å²) in [5.74, 6) is -1.44. The van der Waals surface area contributed by atoms with Gasteiger partial charge in [-0.1, -0.05) is 78.1 Å². The molecule has 0 amide bonds. The molecule has 5 nitrogen and oxygen atoms in total. The fraction of sp³-hybridized carbons (Fsp3) is 0.576. The van der Waals surface area contributed by atoms with E-state index < -0.39 is 5.97 Å². The van der Waals surface area contributed by atoms with Gasteiger partial charge in [-0.15, -0.1) is 23.5 Å². The van der Waals surface area contributed by atoms with Crippen LogP contribution in [0, 0.1) is 11.6 Å². The van der Waals surface area contributed by atoms with Crippen molar-refractivity contribution in [2.75, 3.05) is 7.11 Å². The number of rotatable bonds is 20. The Hall–Kier alpha value is -1.50. The van der Waals surface area contributed by atoms with Gasteiger partial charge in [0.1, 0.15) is 11.6 Å². The van der Waals surface area contributed by atoms with Crippen molar-refractivity contribution < 1.29 is 52.6 Å².